The summed E-state index contributed by atoms with van der Waals surface area (Å²) in [7, 11) is 1.70. The molecule has 1 unspecified atom stereocenters. The van der Waals surface area contributed by atoms with Gasteiger partial charge in [-0.3, -0.25) is 4.79 Å². The van der Waals surface area contributed by atoms with Gasteiger partial charge in [-0.25, -0.2) is 0 Å². The van der Waals surface area contributed by atoms with Crippen LogP contribution in [0.2, 0.25) is 0 Å². The molecular formula is C15H23NO2. The Morgan fingerprint density at radius 2 is 2.06 bits per heavy atom. The molecule has 0 fully saturated rings. The number of carbonyl (C=O) groups excluding carboxylic acids is 1. The number of methoxy groups -OCH3 is 1. The number of para-hydroxylation sites is 1. The highest BCUT2D eigenvalue weighted by atomic mass is 16.5. The molecule has 1 aromatic rings. The van der Waals surface area contributed by atoms with Crippen LogP contribution in [0, 0.1) is 0 Å². The molecule has 0 N–H and O–H groups in total. The van der Waals surface area contributed by atoms with Crippen LogP contribution in [-0.4, -0.2) is 32.1 Å². The summed E-state index contributed by atoms with van der Waals surface area (Å²) in [6.07, 6.45) is 1.04. The minimum absolute atomic E-state index is 0.108. The van der Waals surface area contributed by atoms with Crippen LogP contribution in [0.25, 0.3) is 0 Å². The van der Waals surface area contributed by atoms with Crippen LogP contribution < -0.4 is 4.90 Å². The first kappa shape index (κ1) is 14.7. The van der Waals surface area contributed by atoms with Gasteiger partial charge in [-0.15, -0.1) is 0 Å². The number of anilines is 1. The van der Waals surface area contributed by atoms with Gasteiger partial charge in [-0.2, -0.15) is 0 Å². The van der Waals surface area contributed by atoms with E-state index in [9.17, 15) is 4.79 Å². The van der Waals surface area contributed by atoms with Crippen molar-refractivity contribution >= 4 is 11.5 Å². The number of rotatable bonds is 7. The molecule has 0 aliphatic carbocycles. The molecule has 100 valence electrons. The number of hydrogen-bond acceptors (Lipinski definition) is 3. The van der Waals surface area contributed by atoms with Crippen molar-refractivity contribution in [2.24, 2.45) is 0 Å². The number of hydrogen-bond donors (Lipinski definition) is 0. The fourth-order valence-electron chi connectivity index (χ4n) is 2.01. The highest BCUT2D eigenvalue weighted by molar-refractivity contribution is 5.99. The number of carbonyl (C=O) groups is 1. The molecule has 0 radical (unpaired) electrons. The van der Waals surface area contributed by atoms with Crippen LogP contribution in [0.15, 0.2) is 24.3 Å². The van der Waals surface area contributed by atoms with Crippen LogP contribution >= 0.6 is 0 Å². The van der Waals surface area contributed by atoms with Crippen molar-refractivity contribution in [3.05, 3.63) is 29.8 Å². The lowest BCUT2D eigenvalue weighted by Crippen LogP contribution is -2.36. The Morgan fingerprint density at radius 1 is 1.39 bits per heavy atom. The predicted octanol–water partition coefficient (Wildman–Crippen LogP) is 3.14. The van der Waals surface area contributed by atoms with Gasteiger partial charge in [0.2, 0.25) is 0 Å². The van der Waals surface area contributed by atoms with Gasteiger partial charge in [0.1, 0.15) is 0 Å². The summed E-state index contributed by atoms with van der Waals surface area (Å²) in [6, 6.07) is 8.17. The third-order valence-corrected chi connectivity index (χ3v) is 3.25. The Morgan fingerprint density at radius 3 is 2.61 bits per heavy atom. The maximum absolute atomic E-state index is 11.7. The minimum Gasteiger partial charge on any atom is -0.383 e. The van der Waals surface area contributed by atoms with E-state index in [0.717, 1.165) is 24.2 Å². The SMILES string of the molecule is CCC(C)N(CCOC)c1ccccc1C(C)=O. The molecule has 0 amide bonds. The van der Waals surface area contributed by atoms with Gasteiger partial charge in [0.25, 0.3) is 0 Å². The van der Waals surface area contributed by atoms with E-state index in [1.807, 2.05) is 24.3 Å². The summed E-state index contributed by atoms with van der Waals surface area (Å²) in [5, 5.41) is 0. The lowest BCUT2D eigenvalue weighted by Gasteiger charge is -2.32. The van der Waals surface area contributed by atoms with Crippen LogP contribution in [0.3, 0.4) is 0 Å². The molecule has 0 aromatic heterocycles. The van der Waals surface area contributed by atoms with Crippen molar-refractivity contribution < 1.29 is 9.53 Å². The summed E-state index contributed by atoms with van der Waals surface area (Å²) in [5.74, 6) is 0.108. The molecule has 1 aromatic carbocycles. The molecule has 0 spiro atoms. The second kappa shape index (κ2) is 7.17. The topological polar surface area (TPSA) is 29.5 Å². The van der Waals surface area contributed by atoms with Crippen LogP contribution in [-0.2, 0) is 4.74 Å². The van der Waals surface area contributed by atoms with Crippen LogP contribution in [0.1, 0.15) is 37.6 Å². The van der Waals surface area contributed by atoms with E-state index in [1.165, 1.54) is 0 Å². The van der Waals surface area contributed by atoms with Gasteiger partial charge in [-0.05, 0) is 32.4 Å². The van der Waals surface area contributed by atoms with Gasteiger partial charge in [0.15, 0.2) is 5.78 Å². The Hall–Kier alpha value is -1.35. The fourth-order valence-corrected chi connectivity index (χ4v) is 2.01. The Kier molecular flexibility index (Phi) is 5.86. The second-order valence-electron chi connectivity index (χ2n) is 4.52. The normalized spacial score (nSPS) is 12.2. The smallest absolute Gasteiger partial charge is 0.161 e. The molecule has 0 aliphatic heterocycles. The molecule has 3 nitrogen and oxygen atoms in total. The van der Waals surface area contributed by atoms with Gasteiger partial charge in [0.05, 0.1) is 6.61 Å². The minimum atomic E-state index is 0.108. The summed E-state index contributed by atoms with van der Waals surface area (Å²) in [6.45, 7) is 7.41. The highest BCUT2D eigenvalue weighted by Crippen LogP contribution is 2.23. The van der Waals surface area contributed by atoms with E-state index < -0.39 is 0 Å². The molecule has 0 heterocycles. The van der Waals surface area contributed by atoms with Crippen molar-refractivity contribution in [1.82, 2.24) is 0 Å². The van der Waals surface area contributed by atoms with E-state index >= 15 is 0 Å². The number of ether oxygens (including phenoxy) is 1. The molecule has 1 rings (SSSR count). The van der Waals surface area contributed by atoms with Crippen molar-refractivity contribution in [1.29, 1.82) is 0 Å². The van der Waals surface area contributed by atoms with E-state index in [1.54, 1.807) is 14.0 Å². The highest BCUT2D eigenvalue weighted by Gasteiger charge is 2.17. The second-order valence-corrected chi connectivity index (χ2v) is 4.52. The molecule has 3 heteroatoms. The van der Waals surface area contributed by atoms with Crippen LogP contribution in [0.4, 0.5) is 5.69 Å². The first-order valence-corrected chi connectivity index (χ1v) is 6.47. The Balaban J connectivity index is 3.07. The summed E-state index contributed by atoms with van der Waals surface area (Å²) in [4.78, 5) is 13.9. The van der Waals surface area contributed by atoms with Gasteiger partial charge < -0.3 is 9.64 Å². The standard InChI is InChI=1S/C15H23NO2/c1-5-12(2)16(10-11-18-4)15-9-7-6-8-14(15)13(3)17/h6-9,12H,5,10-11H2,1-4H3. The summed E-state index contributed by atoms with van der Waals surface area (Å²) in [5.41, 5.74) is 1.80. The average molecular weight is 249 g/mol. The monoisotopic (exact) mass is 249 g/mol. The lowest BCUT2D eigenvalue weighted by molar-refractivity contribution is 0.101. The van der Waals surface area contributed by atoms with E-state index in [4.69, 9.17) is 4.74 Å². The molecule has 0 saturated heterocycles. The van der Waals surface area contributed by atoms with Crippen molar-refractivity contribution in [3.63, 3.8) is 0 Å². The van der Waals surface area contributed by atoms with Crippen molar-refractivity contribution in [3.8, 4) is 0 Å². The number of benzene rings is 1. The quantitative estimate of drug-likeness (QED) is 0.695. The zero-order valence-corrected chi connectivity index (χ0v) is 11.8. The molecule has 0 aliphatic rings. The lowest BCUT2D eigenvalue weighted by atomic mass is 10.1. The number of nitrogens with zero attached hydrogens (tertiary/aromatic N) is 1. The molecule has 1 atom stereocenters. The van der Waals surface area contributed by atoms with E-state index in [2.05, 4.69) is 18.7 Å². The fraction of sp³-hybridized carbons (Fsp3) is 0.533. The number of Topliss-reactive ketones (excluding diaryl/α,β-unsaturated/α-hetero) is 1. The van der Waals surface area contributed by atoms with Crippen LogP contribution in [0.5, 0.6) is 0 Å². The third-order valence-electron chi connectivity index (χ3n) is 3.25. The maximum atomic E-state index is 11.7. The van der Waals surface area contributed by atoms with E-state index in [0.29, 0.717) is 12.6 Å². The molecular weight excluding hydrogens is 226 g/mol. The largest absolute Gasteiger partial charge is 0.383 e. The van der Waals surface area contributed by atoms with Crippen molar-refractivity contribution in [2.75, 3.05) is 25.2 Å². The average Bonchev–Trinajstić information content (AvgIpc) is 2.39. The maximum Gasteiger partial charge on any atom is 0.161 e. The number of ketones is 1. The zero-order valence-electron chi connectivity index (χ0n) is 11.8. The molecule has 0 bridgehead atoms. The third kappa shape index (κ3) is 3.57. The first-order valence-electron chi connectivity index (χ1n) is 6.47. The van der Waals surface area contributed by atoms with Crippen molar-refractivity contribution in [2.45, 2.75) is 33.2 Å². The summed E-state index contributed by atoms with van der Waals surface area (Å²) < 4.78 is 5.16. The van der Waals surface area contributed by atoms with E-state index in [-0.39, 0.29) is 5.78 Å². The van der Waals surface area contributed by atoms with Gasteiger partial charge in [0, 0.05) is 30.9 Å². The van der Waals surface area contributed by atoms with Gasteiger partial charge >= 0.3 is 0 Å². The molecule has 18 heavy (non-hydrogen) atoms. The molecule has 0 saturated carbocycles. The summed E-state index contributed by atoms with van der Waals surface area (Å²) >= 11 is 0. The van der Waals surface area contributed by atoms with Gasteiger partial charge in [-0.1, -0.05) is 19.1 Å². The zero-order chi connectivity index (χ0) is 13.5. The first-order chi connectivity index (χ1) is 8.61. The Labute approximate surface area is 110 Å². The Bertz CT molecular complexity index is 390. The predicted molar refractivity (Wildman–Crippen MR) is 75.4 cm³/mol.